The maximum absolute atomic E-state index is 13.0. The van der Waals surface area contributed by atoms with Gasteiger partial charge in [0.1, 0.15) is 16.9 Å². The van der Waals surface area contributed by atoms with Crippen LogP contribution in [0.15, 0.2) is 49.3 Å². The van der Waals surface area contributed by atoms with Crippen LogP contribution in [0, 0.1) is 11.3 Å². The van der Waals surface area contributed by atoms with Gasteiger partial charge in [-0.1, -0.05) is 0 Å². The molecule has 6 heterocycles. The second-order valence-corrected chi connectivity index (χ2v) is 10.0. The number of aromatic nitrogens is 6. The number of aromatic amines is 1. The highest BCUT2D eigenvalue weighted by atomic mass is 19.4. The summed E-state index contributed by atoms with van der Waals surface area (Å²) in [6.45, 7) is 2.11. The molecule has 4 aromatic rings. The number of fused-ring (bicyclic) bond motifs is 1. The highest BCUT2D eigenvalue weighted by Gasteiger charge is 2.48. The fraction of sp³-hybridized carbons (Fsp3) is 0.385. The fourth-order valence-corrected chi connectivity index (χ4v) is 5.59. The fourth-order valence-electron chi connectivity index (χ4n) is 5.59. The van der Waals surface area contributed by atoms with Gasteiger partial charge in [0.2, 0.25) is 0 Å². The first kappa shape index (κ1) is 25.0. The van der Waals surface area contributed by atoms with Crippen LogP contribution < -0.4 is 0 Å². The summed E-state index contributed by atoms with van der Waals surface area (Å²) in [7, 11) is 0. The minimum Gasteiger partial charge on any atom is -0.346 e. The van der Waals surface area contributed by atoms with Gasteiger partial charge < -0.3 is 9.88 Å². The molecule has 0 spiro atoms. The molecule has 6 rings (SSSR count). The van der Waals surface area contributed by atoms with E-state index in [-0.39, 0.29) is 11.7 Å². The predicted octanol–water partition coefficient (Wildman–Crippen LogP) is 3.46. The second kappa shape index (κ2) is 9.46. The van der Waals surface area contributed by atoms with Crippen LogP contribution >= 0.6 is 0 Å². The maximum atomic E-state index is 13.0. The molecule has 2 saturated heterocycles. The Kier molecular flexibility index (Phi) is 6.06. The van der Waals surface area contributed by atoms with Crippen LogP contribution in [0.1, 0.15) is 35.4 Å². The van der Waals surface area contributed by atoms with Crippen molar-refractivity contribution in [3.63, 3.8) is 0 Å². The summed E-state index contributed by atoms with van der Waals surface area (Å²) in [5.74, 6) is -0.550. The van der Waals surface area contributed by atoms with Crippen LogP contribution in [-0.2, 0) is 11.7 Å². The number of halogens is 3. The molecule has 0 saturated carbocycles. The molecule has 39 heavy (non-hydrogen) atoms. The van der Waals surface area contributed by atoms with E-state index in [1.165, 1.54) is 4.90 Å². The van der Waals surface area contributed by atoms with Gasteiger partial charge in [0, 0.05) is 61.8 Å². The zero-order valence-corrected chi connectivity index (χ0v) is 20.8. The summed E-state index contributed by atoms with van der Waals surface area (Å²) in [4.78, 5) is 31.1. The molecule has 1 N–H and O–H groups in total. The van der Waals surface area contributed by atoms with Crippen molar-refractivity contribution in [2.24, 2.45) is 0 Å². The summed E-state index contributed by atoms with van der Waals surface area (Å²) in [6, 6.07) is 6.43. The topological polar surface area (TPSA) is 120 Å². The van der Waals surface area contributed by atoms with Crippen molar-refractivity contribution in [3.05, 3.63) is 60.7 Å². The third kappa shape index (κ3) is 4.50. The molecule has 2 fully saturated rings. The molecule has 0 bridgehead atoms. The maximum Gasteiger partial charge on any atom is 0.434 e. The Labute approximate surface area is 221 Å². The van der Waals surface area contributed by atoms with Gasteiger partial charge in [-0.05, 0) is 30.5 Å². The largest absolute Gasteiger partial charge is 0.434 e. The lowest BCUT2D eigenvalue weighted by Gasteiger charge is -2.53. The van der Waals surface area contributed by atoms with Crippen molar-refractivity contribution < 1.29 is 18.0 Å². The molecule has 10 nitrogen and oxygen atoms in total. The summed E-state index contributed by atoms with van der Waals surface area (Å²) in [5.41, 5.74) is 0.826. The SMILES string of the molecule is N#CCC1(n2cc(-c3ccnc4[nH]ccc34)cn2)CN(C2CCN(C(=O)c3cncc(C(F)(F)F)n3)CC2)C1. The number of carbonyl (C=O) groups excluding carboxylic acids is 1. The zero-order valence-electron chi connectivity index (χ0n) is 20.8. The highest BCUT2D eigenvalue weighted by molar-refractivity contribution is 5.93. The number of amides is 1. The summed E-state index contributed by atoms with van der Waals surface area (Å²) in [6.07, 6.45) is 6.06. The van der Waals surface area contributed by atoms with E-state index < -0.39 is 23.3 Å². The summed E-state index contributed by atoms with van der Waals surface area (Å²) in [5, 5.41) is 15.2. The average Bonchev–Trinajstić information content (AvgIpc) is 3.60. The van der Waals surface area contributed by atoms with Crippen LogP contribution in [0.4, 0.5) is 13.2 Å². The number of nitriles is 1. The number of nitrogens with one attached hydrogen (secondary N) is 1. The van der Waals surface area contributed by atoms with Crippen LogP contribution in [0.2, 0.25) is 0 Å². The monoisotopic (exact) mass is 535 g/mol. The molecule has 4 aromatic heterocycles. The number of hydrogen-bond acceptors (Lipinski definition) is 7. The molecule has 2 aliphatic heterocycles. The lowest BCUT2D eigenvalue weighted by Crippen LogP contribution is -2.66. The number of nitrogens with zero attached hydrogens (tertiary/aromatic N) is 8. The first-order chi connectivity index (χ1) is 18.8. The van der Waals surface area contributed by atoms with Crippen LogP contribution in [0.5, 0.6) is 0 Å². The molecule has 0 unspecified atom stereocenters. The molecule has 0 radical (unpaired) electrons. The number of carbonyl (C=O) groups is 1. The van der Waals surface area contributed by atoms with Gasteiger partial charge in [-0.25, -0.2) is 9.97 Å². The van der Waals surface area contributed by atoms with Crippen LogP contribution in [0.25, 0.3) is 22.2 Å². The molecule has 1 amide bonds. The Balaban J connectivity index is 1.11. The van der Waals surface area contributed by atoms with Gasteiger partial charge in [-0.2, -0.15) is 23.5 Å². The summed E-state index contributed by atoms with van der Waals surface area (Å²) < 4.78 is 40.8. The highest BCUT2D eigenvalue weighted by Crippen LogP contribution is 2.37. The van der Waals surface area contributed by atoms with E-state index in [9.17, 15) is 23.2 Å². The smallest absolute Gasteiger partial charge is 0.346 e. The molecular weight excluding hydrogens is 511 g/mol. The van der Waals surface area contributed by atoms with Gasteiger partial charge in [0.25, 0.3) is 5.91 Å². The van der Waals surface area contributed by atoms with E-state index in [1.54, 1.807) is 6.20 Å². The number of piperidine rings is 1. The predicted molar refractivity (Wildman–Crippen MR) is 133 cm³/mol. The van der Waals surface area contributed by atoms with Gasteiger partial charge in [-0.3, -0.25) is 19.4 Å². The van der Waals surface area contributed by atoms with Crippen molar-refractivity contribution >= 4 is 16.9 Å². The number of likely N-dealkylation sites (tertiary alicyclic amines) is 2. The quantitative estimate of drug-likeness (QED) is 0.416. The van der Waals surface area contributed by atoms with Crippen molar-refractivity contribution in [2.75, 3.05) is 26.2 Å². The van der Waals surface area contributed by atoms with Crippen LogP contribution in [0.3, 0.4) is 0 Å². The minimum atomic E-state index is -4.66. The Morgan fingerprint density at radius 3 is 2.72 bits per heavy atom. The number of alkyl halides is 3. The molecular formula is C26H24F3N9O. The number of rotatable bonds is 5. The van der Waals surface area contributed by atoms with Crippen molar-refractivity contribution in [2.45, 2.75) is 37.0 Å². The number of pyridine rings is 1. The molecule has 13 heteroatoms. The second-order valence-electron chi connectivity index (χ2n) is 10.0. The lowest BCUT2D eigenvalue weighted by molar-refractivity contribution is -0.141. The zero-order chi connectivity index (χ0) is 27.2. The van der Waals surface area contributed by atoms with Gasteiger partial charge >= 0.3 is 6.18 Å². The first-order valence-electron chi connectivity index (χ1n) is 12.5. The van der Waals surface area contributed by atoms with Crippen molar-refractivity contribution in [1.82, 2.24) is 39.5 Å². The molecule has 0 aromatic carbocycles. The number of hydrogen-bond donors (Lipinski definition) is 1. The van der Waals surface area contributed by atoms with E-state index in [2.05, 4.69) is 36.0 Å². The Morgan fingerprint density at radius 2 is 1.97 bits per heavy atom. The standard InChI is InChI=1S/C26H24F3N9O/c27-26(28,29)22-13-31-12-21(35-22)24(39)36-9-3-18(4-10-36)37-15-25(16-37,5-6-30)38-14-17(11-34-38)19-1-7-32-23-20(19)2-8-33-23/h1-2,7-8,11-14,18H,3-5,9-10,15-16H2,(H,32,33). The first-order valence-corrected chi connectivity index (χ1v) is 12.5. The third-order valence-electron chi connectivity index (χ3n) is 7.65. The Morgan fingerprint density at radius 1 is 1.18 bits per heavy atom. The van der Waals surface area contributed by atoms with E-state index in [1.807, 2.05) is 35.4 Å². The summed E-state index contributed by atoms with van der Waals surface area (Å²) >= 11 is 0. The van der Waals surface area contributed by atoms with E-state index in [0.717, 1.165) is 28.4 Å². The van der Waals surface area contributed by atoms with Crippen molar-refractivity contribution in [3.8, 4) is 17.2 Å². The molecule has 0 atom stereocenters. The van der Waals surface area contributed by atoms with Gasteiger partial charge in [0.15, 0.2) is 5.69 Å². The Hall–Kier alpha value is -4.31. The van der Waals surface area contributed by atoms with Gasteiger partial charge in [-0.15, -0.1) is 0 Å². The van der Waals surface area contributed by atoms with Gasteiger partial charge in [0.05, 0.1) is 31.1 Å². The Bertz CT molecular complexity index is 1560. The number of H-pyrrole nitrogens is 1. The molecule has 2 aliphatic rings. The molecule has 200 valence electrons. The minimum absolute atomic E-state index is 0.197. The average molecular weight is 536 g/mol. The lowest BCUT2D eigenvalue weighted by atomic mass is 9.83. The molecule has 0 aliphatic carbocycles. The van der Waals surface area contributed by atoms with E-state index >= 15 is 0 Å². The van der Waals surface area contributed by atoms with Crippen molar-refractivity contribution in [1.29, 1.82) is 5.26 Å². The van der Waals surface area contributed by atoms with E-state index in [4.69, 9.17) is 0 Å². The van der Waals surface area contributed by atoms with Crippen LogP contribution in [-0.4, -0.2) is 77.6 Å². The third-order valence-corrected chi connectivity index (χ3v) is 7.65. The normalized spacial score (nSPS) is 18.2. The van der Waals surface area contributed by atoms with E-state index in [0.29, 0.717) is 51.6 Å².